The van der Waals surface area contributed by atoms with Crippen LogP contribution in [-0.4, -0.2) is 34.3 Å². The molecule has 0 saturated carbocycles. The van der Waals surface area contributed by atoms with Crippen molar-refractivity contribution in [2.75, 3.05) is 0 Å². The fourth-order valence-corrected chi connectivity index (χ4v) is 6.05. The lowest BCUT2D eigenvalue weighted by atomic mass is 9.77. The number of rotatable bonds is 5. The molecule has 2 aliphatic rings. The van der Waals surface area contributed by atoms with Gasteiger partial charge in [-0.1, -0.05) is 46.6 Å². The molecular formula is C29H22BCl2F4N3O4. The van der Waals surface area contributed by atoms with Gasteiger partial charge in [0.2, 0.25) is 0 Å². The fraction of sp³-hybridized carbons (Fsp3) is 0.241. The van der Waals surface area contributed by atoms with E-state index in [0.29, 0.717) is 16.5 Å². The molecule has 0 spiro atoms. The molecule has 222 valence electrons. The number of fused-ring (bicyclic) bond motifs is 2. The molecule has 6 rings (SSSR count). The highest BCUT2D eigenvalue weighted by Crippen LogP contribution is 2.50. The largest absolute Gasteiger partial charge is 0.492 e. The minimum Gasteiger partial charge on any atom is -0.423 e. The maximum Gasteiger partial charge on any atom is 0.492 e. The van der Waals surface area contributed by atoms with E-state index >= 15 is 0 Å². The average molecular weight is 634 g/mol. The van der Waals surface area contributed by atoms with E-state index < -0.39 is 58.3 Å². The lowest BCUT2D eigenvalue weighted by Crippen LogP contribution is -2.42. The molecular weight excluding hydrogens is 612 g/mol. The van der Waals surface area contributed by atoms with Crippen molar-refractivity contribution in [1.29, 1.82) is 0 Å². The molecule has 14 heteroatoms. The number of hydrogen-bond acceptors (Lipinski definition) is 5. The number of halogens is 6. The molecule has 2 N–H and O–H groups in total. The van der Waals surface area contributed by atoms with Gasteiger partial charge in [0.25, 0.3) is 11.5 Å². The number of alkyl halides is 3. The number of amides is 1. The second-order valence-corrected chi connectivity index (χ2v) is 11.7. The highest BCUT2D eigenvalue weighted by Gasteiger charge is 2.62. The van der Waals surface area contributed by atoms with E-state index in [0.717, 1.165) is 23.3 Å². The number of oxime groups is 1. The SMILES string of the molecule is CC1(C)OB(O)c2cc(CNC(=O)c3ccc(C4=NO[C@](c5cc(Cl)c(F)c(Cl)c5)(C(F)(F)F)C4)c4cccn34)ccc21. The number of nitrogens with zero attached hydrogens (tertiary/aromatic N) is 2. The zero-order chi connectivity index (χ0) is 30.9. The summed E-state index contributed by atoms with van der Waals surface area (Å²) in [4.78, 5) is 18.3. The molecule has 4 aromatic rings. The molecule has 1 amide bonds. The van der Waals surface area contributed by atoms with Crippen LogP contribution in [0, 0.1) is 5.82 Å². The Balaban J connectivity index is 1.26. The maximum absolute atomic E-state index is 14.5. The van der Waals surface area contributed by atoms with Gasteiger partial charge >= 0.3 is 13.3 Å². The molecule has 2 aromatic heterocycles. The third-order valence-electron chi connectivity index (χ3n) is 7.76. The van der Waals surface area contributed by atoms with Crippen LogP contribution in [0.2, 0.25) is 10.0 Å². The van der Waals surface area contributed by atoms with Gasteiger partial charge in [-0.2, -0.15) is 13.2 Å². The van der Waals surface area contributed by atoms with Crippen LogP contribution >= 0.6 is 23.2 Å². The molecule has 1 atom stereocenters. The van der Waals surface area contributed by atoms with Crippen LogP contribution in [0.1, 0.15) is 53.0 Å². The van der Waals surface area contributed by atoms with Crippen LogP contribution in [0.5, 0.6) is 0 Å². The van der Waals surface area contributed by atoms with E-state index in [-0.39, 0.29) is 18.0 Å². The molecule has 0 saturated heterocycles. The summed E-state index contributed by atoms with van der Waals surface area (Å²) in [7, 11) is -1.07. The van der Waals surface area contributed by atoms with Crippen molar-refractivity contribution >= 4 is 52.9 Å². The smallest absolute Gasteiger partial charge is 0.423 e. The van der Waals surface area contributed by atoms with Gasteiger partial charge in [-0.15, -0.1) is 0 Å². The van der Waals surface area contributed by atoms with Crippen LogP contribution in [-0.2, 0) is 27.2 Å². The first-order valence-electron chi connectivity index (χ1n) is 13.1. The third kappa shape index (κ3) is 4.86. The summed E-state index contributed by atoms with van der Waals surface area (Å²) in [5.41, 5.74) is -0.919. The highest BCUT2D eigenvalue weighted by atomic mass is 35.5. The Morgan fingerprint density at radius 1 is 1.14 bits per heavy atom. The predicted octanol–water partition coefficient (Wildman–Crippen LogP) is 5.85. The van der Waals surface area contributed by atoms with Crippen molar-refractivity contribution < 1.29 is 36.9 Å². The highest BCUT2D eigenvalue weighted by molar-refractivity contribution is 6.62. The Bertz CT molecular complexity index is 1800. The topological polar surface area (TPSA) is 84.6 Å². The number of pyridine rings is 1. The number of benzene rings is 2. The zero-order valence-corrected chi connectivity index (χ0v) is 24.1. The molecule has 0 bridgehead atoms. The molecule has 2 aliphatic heterocycles. The summed E-state index contributed by atoms with van der Waals surface area (Å²) in [5.74, 6) is -1.48. The third-order valence-corrected chi connectivity index (χ3v) is 8.31. The molecule has 0 aliphatic carbocycles. The average Bonchev–Trinajstić information content (AvgIpc) is 3.66. The van der Waals surface area contributed by atoms with Gasteiger partial charge in [0.1, 0.15) is 5.69 Å². The normalized spacial score (nSPS) is 19.4. The van der Waals surface area contributed by atoms with Crippen LogP contribution in [0.25, 0.3) is 5.52 Å². The van der Waals surface area contributed by atoms with Crippen LogP contribution in [0.3, 0.4) is 0 Å². The Hall–Kier alpha value is -3.58. The van der Waals surface area contributed by atoms with Crippen LogP contribution < -0.4 is 10.8 Å². The summed E-state index contributed by atoms with van der Waals surface area (Å²) in [6.45, 7) is 3.87. The number of carbonyl (C=O) groups is 1. The van der Waals surface area contributed by atoms with Gasteiger partial charge in [0.15, 0.2) is 5.82 Å². The molecule has 0 radical (unpaired) electrons. The molecule has 0 unspecified atom stereocenters. The van der Waals surface area contributed by atoms with Gasteiger partial charge in [0.05, 0.1) is 33.3 Å². The minimum absolute atomic E-state index is 0.0357. The molecule has 4 heterocycles. The summed E-state index contributed by atoms with van der Waals surface area (Å²) in [6.07, 6.45) is -4.10. The van der Waals surface area contributed by atoms with E-state index in [4.69, 9.17) is 32.7 Å². The van der Waals surface area contributed by atoms with Gasteiger partial charge in [-0.25, -0.2) is 4.39 Å². The summed E-state index contributed by atoms with van der Waals surface area (Å²) in [6, 6.07) is 13.4. The summed E-state index contributed by atoms with van der Waals surface area (Å²) in [5, 5.41) is 15.7. The first kappa shape index (κ1) is 29.5. The van der Waals surface area contributed by atoms with Crippen molar-refractivity contribution in [3.63, 3.8) is 0 Å². The van der Waals surface area contributed by atoms with Crippen molar-refractivity contribution in [2.24, 2.45) is 5.16 Å². The number of carbonyl (C=O) groups excluding carboxylic acids is 1. The number of hydrogen-bond donors (Lipinski definition) is 2. The Morgan fingerprint density at radius 3 is 2.56 bits per heavy atom. The predicted molar refractivity (Wildman–Crippen MR) is 153 cm³/mol. The van der Waals surface area contributed by atoms with Gasteiger partial charge in [-0.3, -0.25) is 4.79 Å². The molecule has 43 heavy (non-hydrogen) atoms. The molecule has 2 aromatic carbocycles. The fourth-order valence-electron chi connectivity index (χ4n) is 5.56. The number of nitrogens with one attached hydrogen (secondary N) is 1. The minimum atomic E-state index is -4.96. The van der Waals surface area contributed by atoms with Crippen LogP contribution in [0.4, 0.5) is 17.6 Å². The van der Waals surface area contributed by atoms with E-state index in [1.807, 2.05) is 26.0 Å². The van der Waals surface area contributed by atoms with Gasteiger partial charge in [0, 0.05) is 23.9 Å². The van der Waals surface area contributed by atoms with E-state index in [9.17, 15) is 27.4 Å². The second-order valence-electron chi connectivity index (χ2n) is 10.9. The van der Waals surface area contributed by atoms with Crippen molar-refractivity contribution in [1.82, 2.24) is 9.72 Å². The summed E-state index contributed by atoms with van der Waals surface area (Å²) < 4.78 is 64.5. The Kier molecular flexibility index (Phi) is 7.04. The second kappa shape index (κ2) is 10.3. The molecule has 7 nitrogen and oxygen atoms in total. The van der Waals surface area contributed by atoms with E-state index in [2.05, 4.69) is 10.5 Å². The zero-order valence-electron chi connectivity index (χ0n) is 22.6. The summed E-state index contributed by atoms with van der Waals surface area (Å²) >= 11 is 11.6. The first-order valence-corrected chi connectivity index (χ1v) is 13.8. The monoisotopic (exact) mass is 633 g/mol. The maximum atomic E-state index is 14.5. The Labute approximate surface area is 253 Å². The van der Waals surface area contributed by atoms with Gasteiger partial charge in [-0.05, 0) is 66.8 Å². The lowest BCUT2D eigenvalue weighted by molar-refractivity contribution is -0.275. The van der Waals surface area contributed by atoms with E-state index in [1.54, 1.807) is 24.4 Å². The van der Waals surface area contributed by atoms with Gasteiger partial charge < -0.3 is 24.2 Å². The van der Waals surface area contributed by atoms with Crippen molar-refractivity contribution in [3.05, 3.63) is 105 Å². The van der Waals surface area contributed by atoms with Crippen molar-refractivity contribution in [2.45, 2.75) is 44.2 Å². The molecule has 0 fully saturated rings. The first-order chi connectivity index (χ1) is 20.2. The van der Waals surface area contributed by atoms with Crippen LogP contribution in [0.15, 0.2) is 65.9 Å². The van der Waals surface area contributed by atoms with Crippen molar-refractivity contribution in [3.8, 4) is 0 Å². The number of aromatic nitrogens is 1. The lowest BCUT2D eigenvalue weighted by Gasteiger charge is -2.29. The quantitative estimate of drug-likeness (QED) is 0.164. The Morgan fingerprint density at radius 2 is 1.86 bits per heavy atom. The van der Waals surface area contributed by atoms with E-state index in [1.165, 1.54) is 16.5 Å². The standard InChI is InChI=1S/C29H22BCl2F4N3O4/c1-27(2)18-7-5-15(10-19(18)30(41)42-27)14-37-26(40)24-8-6-17(23-4-3-9-39(23)24)22-13-28(43-38-22,29(34,35)36)16-11-20(31)25(33)21(32)12-16/h3-12,41H,13-14H2,1-2H3,(H,37,40)/t28-/m1/s1.